The van der Waals surface area contributed by atoms with Crippen LogP contribution in [-0.4, -0.2) is 16.8 Å². The Morgan fingerprint density at radius 1 is 1.39 bits per heavy atom. The van der Waals surface area contributed by atoms with Gasteiger partial charge in [0.2, 0.25) is 5.91 Å². The summed E-state index contributed by atoms with van der Waals surface area (Å²) in [7, 11) is 0. The van der Waals surface area contributed by atoms with E-state index in [0.717, 1.165) is 11.1 Å². The molecule has 6 heteroatoms. The Hall–Kier alpha value is -2.81. The molecule has 0 bridgehead atoms. The van der Waals surface area contributed by atoms with Crippen molar-refractivity contribution in [2.45, 2.75) is 19.3 Å². The number of aryl methyl sites for hydroxylation is 1. The van der Waals surface area contributed by atoms with Crippen LogP contribution >= 0.6 is 0 Å². The van der Waals surface area contributed by atoms with Crippen LogP contribution in [0, 0.1) is 19.4 Å². The average Bonchev–Trinajstić information content (AvgIpc) is 3.18. The van der Waals surface area contributed by atoms with Gasteiger partial charge in [0, 0.05) is 17.7 Å². The van der Waals surface area contributed by atoms with E-state index in [1.54, 1.807) is 36.4 Å². The van der Waals surface area contributed by atoms with E-state index in [1.165, 1.54) is 0 Å². The van der Waals surface area contributed by atoms with E-state index in [-0.39, 0.29) is 5.82 Å². The minimum Gasteiger partial charge on any atom is -0.361 e. The first-order valence-corrected chi connectivity index (χ1v) is 7.05. The van der Waals surface area contributed by atoms with E-state index in [1.807, 2.05) is 6.92 Å². The van der Waals surface area contributed by atoms with Gasteiger partial charge in [0.05, 0.1) is 0 Å². The first-order chi connectivity index (χ1) is 10.9. The molecule has 1 aromatic heterocycles. The van der Waals surface area contributed by atoms with Crippen molar-refractivity contribution >= 4 is 17.4 Å². The number of nitrogens with one attached hydrogen (secondary N) is 1. The smallest absolute Gasteiger partial charge is 0.270 e. The fourth-order valence-electron chi connectivity index (χ4n) is 2.34. The maximum absolute atomic E-state index is 12.9. The van der Waals surface area contributed by atoms with Gasteiger partial charge in [0.15, 0.2) is 5.69 Å². The third-order valence-corrected chi connectivity index (χ3v) is 3.77. The zero-order valence-electron chi connectivity index (χ0n) is 12.3. The number of pyridine rings is 1. The van der Waals surface area contributed by atoms with Crippen LogP contribution in [0.25, 0.3) is 16.1 Å². The number of anilines is 1. The molecular formula is C17H13F2N3O. The molecule has 0 aliphatic heterocycles. The largest absolute Gasteiger partial charge is 0.361 e. The monoisotopic (exact) mass is 313 g/mol. The molecule has 0 unspecified atom stereocenters. The van der Waals surface area contributed by atoms with Gasteiger partial charge in [0.25, 0.3) is 11.7 Å². The highest BCUT2D eigenvalue weighted by Gasteiger charge is 2.61. The van der Waals surface area contributed by atoms with Gasteiger partial charge in [-0.3, -0.25) is 4.79 Å². The van der Waals surface area contributed by atoms with Crippen LogP contribution in [0.1, 0.15) is 12.0 Å². The van der Waals surface area contributed by atoms with Gasteiger partial charge in [-0.05, 0) is 36.8 Å². The first kappa shape index (κ1) is 15.1. The van der Waals surface area contributed by atoms with E-state index in [4.69, 9.17) is 6.57 Å². The number of halogens is 2. The Bertz CT molecular complexity index is 827. The molecule has 1 heterocycles. The lowest BCUT2D eigenvalue weighted by atomic mass is 10.0. The summed E-state index contributed by atoms with van der Waals surface area (Å²) >= 11 is 0. The molecule has 1 aromatic carbocycles. The van der Waals surface area contributed by atoms with Crippen LogP contribution in [0.5, 0.6) is 0 Å². The Labute approximate surface area is 132 Å². The number of aromatic nitrogens is 1. The summed E-state index contributed by atoms with van der Waals surface area (Å²) in [6, 6.07) is 10.2. The molecule has 1 aliphatic rings. The van der Waals surface area contributed by atoms with Crippen LogP contribution < -0.4 is 5.32 Å². The fourth-order valence-corrected chi connectivity index (χ4v) is 2.34. The molecule has 1 N–H and O–H groups in total. The van der Waals surface area contributed by atoms with Crippen molar-refractivity contribution in [2.75, 3.05) is 5.32 Å². The molecule has 1 saturated carbocycles. The predicted octanol–water partition coefficient (Wildman–Crippen LogP) is 4.20. The molecule has 1 aliphatic carbocycles. The third kappa shape index (κ3) is 3.04. The van der Waals surface area contributed by atoms with Crippen molar-refractivity contribution in [2.24, 2.45) is 5.92 Å². The van der Waals surface area contributed by atoms with E-state index < -0.39 is 24.2 Å². The normalized spacial score (nSPS) is 18.1. The Kier molecular flexibility index (Phi) is 3.57. The fraction of sp³-hybridized carbons (Fsp3) is 0.235. The van der Waals surface area contributed by atoms with Crippen molar-refractivity contribution in [1.29, 1.82) is 0 Å². The maximum atomic E-state index is 12.9. The molecular weight excluding hydrogens is 300 g/mol. The zero-order chi connectivity index (χ0) is 16.6. The summed E-state index contributed by atoms with van der Waals surface area (Å²) in [6.45, 7) is 8.89. The second kappa shape index (κ2) is 5.43. The van der Waals surface area contributed by atoms with Gasteiger partial charge in [-0.25, -0.2) is 8.78 Å². The van der Waals surface area contributed by atoms with Crippen LogP contribution in [0.3, 0.4) is 0 Å². The summed E-state index contributed by atoms with van der Waals surface area (Å²) in [5.74, 6) is -4.53. The van der Waals surface area contributed by atoms with Gasteiger partial charge < -0.3 is 10.2 Å². The van der Waals surface area contributed by atoms with Gasteiger partial charge in [-0.1, -0.05) is 18.7 Å². The van der Waals surface area contributed by atoms with Crippen molar-refractivity contribution in [3.63, 3.8) is 0 Å². The number of carbonyl (C=O) groups is 1. The van der Waals surface area contributed by atoms with E-state index in [0.29, 0.717) is 11.4 Å². The number of carbonyl (C=O) groups excluding carboxylic acids is 1. The summed E-state index contributed by atoms with van der Waals surface area (Å²) in [4.78, 5) is 19.3. The molecule has 2 aromatic rings. The topological polar surface area (TPSA) is 46.4 Å². The van der Waals surface area contributed by atoms with Crippen molar-refractivity contribution < 1.29 is 13.6 Å². The highest BCUT2D eigenvalue weighted by Crippen LogP contribution is 2.49. The van der Waals surface area contributed by atoms with Gasteiger partial charge in [-0.15, -0.1) is 4.98 Å². The van der Waals surface area contributed by atoms with Crippen molar-refractivity contribution in [1.82, 2.24) is 4.98 Å². The minimum absolute atomic E-state index is 0.272. The van der Waals surface area contributed by atoms with Gasteiger partial charge in [0.1, 0.15) is 5.92 Å². The minimum atomic E-state index is -2.89. The number of hydrogen-bond acceptors (Lipinski definition) is 2. The van der Waals surface area contributed by atoms with E-state index in [2.05, 4.69) is 15.1 Å². The zero-order valence-corrected chi connectivity index (χ0v) is 12.3. The van der Waals surface area contributed by atoms with Gasteiger partial charge >= 0.3 is 0 Å². The van der Waals surface area contributed by atoms with Crippen LogP contribution in [0.15, 0.2) is 36.4 Å². The quantitative estimate of drug-likeness (QED) is 0.863. The Balaban J connectivity index is 1.87. The molecule has 3 rings (SSSR count). The van der Waals surface area contributed by atoms with Crippen molar-refractivity contribution in [3.8, 4) is 11.3 Å². The molecule has 1 fully saturated rings. The summed E-state index contributed by atoms with van der Waals surface area (Å²) in [5.41, 5.74) is 2.70. The molecule has 23 heavy (non-hydrogen) atoms. The summed E-state index contributed by atoms with van der Waals surface area (Å²) in [5, 5.41) is 2.52. The number of benzene rings is 1. The third-order valence-electron chi connectivity index (χ3n) is 3.77. The number of amides is 1. The first-order valence-electron chi connectivity index (χ1n) is 7.05. The SMILES string of the molecule is [C-]#[N+]c1cccc(-c2cc(NC(=O)[C@@H]3CC3(F)F)ccc2C)n1. The molecule has 0 radical (unpaired) electrons. The highest BCUT2D eigenvalue weighted by molar-refractivity contribution is 5.95. The maximum Gasteiger partial charge on any atom is 0.270 e. The number of nitrogens with zero attached hydrogens (tertiary/aromatic N) is 2. The Morgan fingerprint density at radius 2 is 2.13 bits per heavy atom. The van der Waals surface area contributed by atoms with Crippen LogP contribution in [0.2, 0.25) is 0 Å². The molecule has 4 nitrogen and oxygen atoms in total. The standard InChI is InChI=1S/C17H13F2N3O/c1-10-6-7-11(21-16(23)13-9-17(13,18)19)8-12(10)14-4-3-5-15(20-2)22-14/h3-8,13H,9H2,1H3,(H,21,23)/t13-/m0/s1. The second-order valence-corrected chi connectivity index (χ2v) is 5.53. The molecule has 1 atom stereocenters. The van der Waals surface area contributed by atoms with Crippen molar-refractivity contribution in [3.05, 3.63) is 53.4 Å². The number of hydrogen-bond donors (Lipinski definition) is 1. The number of alkyl halides is 2. The molecule has 1 amide bonds. The predicted molar refractivity (Wildman–Crippen MR) is 82.4 cm³/mol. The lowest BCUT2D eigenvalue weighted by Crippen LogP contribution is -2.17. The lowest BCUT2D eigenvalue weighted by Gasteiger charge is -2.08. The van der Waals surface area contributed by atoms with E-state index >= 15 is 0 Å². The molecule has 0 spiro atoms. The van der Waals surface area contributed by atoms with Crippen LogP contribution in [0.4, 0.5) is 20.3 Å². The van der Waals surface area contributed by atoms with E-state index in [9.17, 15) is 13.6 Å². The lowest BCUT2D eigenvalue weighted by molar-refractivity contribution is -0.119. The summed E-state index contributed by atoms with van der Waals surface area (Å²) < 4.78 is 25.9. The second-order valence-electron chi connectivity index (χ2n) is 5.53. The average molecular weight is 313 g/mol. The number of rotatable bonds is 3. The Morgan fingerprint density at radius 3 is 2.78 bits per heavy atom. The highest BCUT2D eigenvalue weighted by atomic mass is 19.3. The summed E-state index contributed by atoms with van der Waals surface area (Å²) in [6.07, 6.45) is -0.397. The molecule has 116 valence electrons. The van der Waals surface area contributed by atoms with Crippen LogP contribution in [-0.2, 0) is 4.79 Å². The van der Waals surface area contributed by atoms with Gasteiger partial charge in [-0.2, -0.15) is 0 Å². The molecule has 0 saturated heterocycles.